The van der Waals surface area contributed by atoms with Crippen LogP contribution in [0.5, 0.6) is 0 Å². The number of benzene rings is 1. The number of rotatable bonds is 5. The fraction of sp³-hybridized carbons (Fsp3) is 0.421. The van der Waals surface area contributed by atoms with Crippen LogP contribution in [0, 0.1) is 13.8 Å². The van der Waals surface area contributed by atoms with Crippen molar-refractivity contribution in [2.24, 2.45) is 0 Å². The molecule has 0 aliphatic carbocycles. The molecule has 2 aromatic rings. The molecule has 1 N–H and O–H groups in total. The smallest absolute Gasteiger partial charge is 0.251 e. The van der Waals surface area contributed by atoms with Gasteiger partial charge in [0.05, 0.1) is 24.2 Å². The van der Waals surface area contributed by atoms with Gasteiger partial charge in [0.25, 0.3) is 5.91 Å². The van der Waals surface area contributed by atoms with Gasteiger partial charge in [-0.05, 0) is 51.1 Å². The Labute approximate surface area is 159 Å². The summed E-state index contributed by atoms with van der Waals surface area (Å²) in [7, 11) is -3.56. The van der Waals surface area contributed by atoms with E-state index in [0.29, 0.717) is 31.9 Å². The quantitative estimate of drug-likeness (QED) is 0.844. The van der Waals surface area contributed by atoms with Crippen molar-refractivity contribution in [3.8, 4) is 0 Å². The maximum atomic E-state index is 12.6. The monoisotopic (exact) mass is 392 g/mol. The molecule has 3 rings (SSSR count). The summed E-state index contributed by atoms with van der Waals surface area (Å²) in [6.07, 6.45) is 0. The van der Waals surface area contributed by atoms with Gasteiger partial charge in [-0.3, -0.25) is 4.79 Å². The topological polar surface area (TPSA) is 88.9 Å². The molecule has 0 saturated carbocycles. The number of nitrogens with one attached hydrogen (secondary N) is 1. The maximum absolute atomic E-state index is 12.6. The second-order valence-corrected chi connectivity index (χ2v) is 8.54. The largest absolute Gasteiger partial charge is 0.466 e. The first-order chi connectivity index (χ1) is 12.8. The molecule has 146 valence electrons. The summed E-state index contributed by atoms with van der Waals surface area (Å²) in [5, 5.41) is 2.91. The van der Waals surface area contributed by atoms with Crippen molar-refractivity contribution in [2.45, 2.75) is 31.7 Å². The van der Waals surface area contributed by atoms with Gasteiger partial charge < -0.3 is 14.5 Å². The van der Waals surface area contributed by atoms with Gasteiger partial charge in [-0.15, -0.1) is 0 Å². The molecule has 2 heterocycles. The third kappa shape index (κ3) is 4.23. The number of carbonyl (C=O) groups is 1. The van der Waals surface area contributed by atoms with Crippen LogP contribution in [-0.4, -0.2) is 44.9 Å². The Balaban J connectivity index is 1.71. The summed E-state index contributed by atoms with van der Waals surface area (Å²) < 4.78 is 37.4. The van der Waals surface area contributed by atoms with Crippen LogP contribution in [-0.2, 0) is 14.8 Å². The van der Waals surface area contributed by atoms with Crippen LogP contribution >= 0.6 is 0 Å². The first-order valence-electron chi connectivity index (χ1n) is 8.85. The molecule has 0 spiro atoms. The molecule has 0 radical (unpaired) electrons. The molecule has 1 amide bonds. The zero-order valence-corrected chi connectivity index (χ0v) is 16.5. The van der Waals surface area contributed by atoms with Gasteiger partial charge in [0.1, 0.15) is 11.5 Å². The number of aryl methyl sites for hydroxylation is 2. The fourth-order valence-corrected chi connectivity index (χ4v) is 4.56. The number of hydrogen-bond donors (Lipinski definition) is 1. The Morgan fingerprint density at radius 2 is 1.78 bits per heavy atom. The zero-order valence-electron chi connectivity index (χ0n) is 15.7. The minimum Gasteiger partial charge on any atom is -0.466 e. The van der Waals surface area contributed by atoms with Crippen molar-refractivity contribution in [1.29, 1.82) is 0 Å². The fourth-order valence-electron chi connectivity index (χ4n) is 3.15. The van der Waals surface area contributed by atoms with Crippen LogP contribution in [0.1, 0.15) is 40.4 Å². The number of nitrogens with zero attached hydrogens (tertiary/aromatic N) is 1. The second kappa shape index (κ2) is 7.84. The van der Waals surface area contributed by atoms with E-state index in [4.69, 9.17) is 9.15 Å². The molecule has 1 aromatic carbocycles. The molecular formula is C19H24N2O5S. The predicted octanol–water partition coefficient (Wildman–Crippen LogP) is 2.41. The van der Waals surface area contributed by atoms with Crippen molar-refractivity contribution in [3.63, 3.8) is 0 Å². The lowest BCUT2D eigenvalue weighted by atomic mass is 10.1. The van der Waals surface area contributed by atoms with Gasteiger partial charge in [-0.2, -0.15) is 4.31 Å². The standard InChI is InChI=1S/C19H24N2O5S/c1-13-12-18(15(3)26-13)14(2)20-19(22)16-4-6-17(7-5-16)27(23,24)21-8-10-25-11-9-21/h4-7,12,14H,8-11H2,1-3H3,(H,20,22). The van der Waals surface area contributed by atoms with E-state index in [1.807, 2.05) is 26.8 Å². The normalized spacial score (nSPS) is 16.9. The van der Waals surface area contributed by atoms with E-state index in [-0.39, 0.29) is 16.8 Å². The van der Waals surface area contributed by atoms with Crippen molar-refractivity contribution >= 4 is 15.9 Å². The molecule has 1 atom stereocenters. The first-order valence-corrected chi connectivity index (χ1v) is 10.3. The Kier molecular flexibility index (Phi) is 5.69. The molecule has 8 heteroatoms. The average molecular weight is 392 g/mol. The summed E-state index contributed by atoms with van der Waals surface area (Å²) in [4.78, 5) is 12.7. The number of ether oxygens (including phenoxy) is 1. The minimum atomic E-state index is -3.56. The van der Waals surface area contributed by atoms with Crippen LogP contribution < -0.4 is 5.32 Å². The zero-order chi connectivity index (χ0) is 19.6. The number of furan rings is 1. The highest BCUT2D eigenvalue weighted by Crippen LogP contribution is 2.22. The summed E-state index contributed by atoms with van der Waals surface area (Å²) in [5.74, 6) is 1.30. The SMILES string of the molecule is Cc1cc(C(C)NC(=O)c2ccc(S(=O)(=O)N3CCOCC3)cc2)c(C)o1. The number of morpholine rings is 1. The van der Waals surface area contributed by atoms with Gasteiger partial charge >= 0.3 is 0 Å². The first kappa shape index (κ1) is 19.6. The third-order valence-electron chi connectivity index (χ3n) is 4.62. The van der Waals surface area contributed by atoms with Crippen LogP contribution in [0.3, 0.4) is 0 Å². The third-order valence-corrected chi connectivity index (χ3v) is 6.53. The molecule has 0 bridgehead atoms. The molecule has 7 nitrogen and oxygen atoms in total. The van der Waals surface area contributed by atoms with E-state index in [1.165, 1.54) is 28.6 Å². The van der Waals surface area contributed by atoms with Crippen molar-refractivity contribution in [3.05, 3.63) is 53.0 Å². The van der Waals surface area contributed by atoms with Crippen LogP contribution in [0.4, 0.5) is 0 Å². The number of amides is 1. The van der Waals surface area contributed by atoms with E-state index in [9.17, 15) is 13.2 Å². The van der Waals surface area contributed by atoms with Crippen LogP contribution in [0.15, 0.2) is 39.6 Å². The Morgan fingerprint density at radius 1 is 1.15 bits per heavy atom. The number of sulfonamides is 1. The minimum absolute atomic E-state index is 0.176. The second-order valence-electron chi connectivity index (χ2n) is 6.60. The number of carbonyl (C=O) groups excluding carboxylic acids is 1. The average Bonchev–Trinajstić information content (AvgIpc) is 3.01. The highest BCUT2D eigenvalue weighted by Gasteiger charge is 2.26. The molecule has 27 heavy (non-hydrogen) atoms. The molecule has 1 aliphatic heterocycles. The van der Waals surface area contributed by atoms with Gasteiger partial charge in [-0.1, -0.05) is 0 Å². The van der Waals surface area contributed by atoms with Gasteiger partial charge in [0.2, 0.25) is 10.0 Å². The lowest BCUT2D eigenvalue weighted by Crippen LogP contribution is -2.40. The molecule has 1 aliphatic rings. The Morgan fingerprint density at radius 3 is 2.33 bits per heavy atom. The van der Waals surface area contributed by atoms with Gasteiger partial charge in [0.15, 0.2) is 0 Å². The summed E-state index contributed by atoms with van der Waals surface area (Å²) >= 11 is 0. The molecule has 1 aromatic heterocycles. The summed E-state index contributed by atoms with van der Waals surface area (Å²) in [6.45, 7) is 7.06. The van der Waals surface area contributed by atoms with Crippen LogP contribution in [0.2, 0.25) is 0 Å². The van der Waals surface area contributed by atoms with Crippen molar-refractivity contribution in [1.82, 2.24) is 9.62 Å². The Hall–Kier alpha value is -2.16. The van der Waals surface area contributed by atoms with E-state index < -0.39 is 10.0 Å². The molecular weight excluding hydrogens is 368 g/mol. The molecule has 1 saturated heterocycles. The van der Waals surface area contributed by atoms with E-state index in [0.717, 1.165) is 17.1 Å². The molecule has 1 fully saturated rings. The molecule has 1 unspecified atom stereocenters. The van der Waals surface area contributed by atoms with Crippen molar-refractivity contribution < 1.29 is 22.4 Å². The maximum Gasteiger partial charge on any atom is 0.251 e. The number of hydrogen-bond acceptors (Lipinski definition) is 5. The lowest BCUT2D eigenvalue weighted by Gasteiger charge is -2.26. The highest BCUT2D eigenvalue weighted by atomic mass is 32.2. The van der Waals surface area contributed by atoms with Crippen molar-refractivity contribution in [2.75, 3.05) is 26.3 Å². The van der Waals surface area contributed by atoms with E-state index in [2.05, 4.69) is 5.32 Å². The lowest BCUT2D eigenvalue weighted by molar-refractivity contribution is 0.0730. The summed E-state index contributed by atoms with van der Waals surface area (Å²) in [5.41, 5.74) is 1.33. The van der Waals surface area contributed by atoms with Gasteiger partial charge in [-0.25, -0.2) is 8.42 Å². The van der Waals surface area contributed by atoms with Gasteiger partial charge in [0, 0.05) is 24.2 Å². The van der Waals surface area contributed by atoms with E-state index >= 15 is 0 Å². The van der Waals surface area contributed by atoms with Crippen LogP contribution in [0.25, 0.3) is 0 Å². The summed E-state index contributed by atoms with van der Waals surface area (Å²) in [6, 6.07) is 7.69. The van der Waals surface area contributed by atoms with E-state index in [1.54, 1.807) is 0 Å². The highest BCUT2D eigenvalue weighted by molar-refractivity contribution is 7.89. The predicted molar refractivity (Wildman–Crippen MR) is 100 cm³/mol. The Bertz CT molecular complexity index is 912.